The van der Waals surface area contributed by atoms with Gasteiger partial charge in [-0.25, -0.2) is 8.42 Å². The zero-order valence-corrected chi connectivity index (χ0v) is 12.0. The molecule has 0 bridgehead atoms. The van der Waals surface area contributed by atoms with Gasteiger partial charge in [-0.3, -0.25) is 0 Å². The van der Waals surface area contributed by atoms with E-state index in [-0.39, 0.29) is 11.8 Å². The van der Waals surface area contributed by atoms with Gasteiger partial charge in [-0.15, -0.1) is 11.6 Å². The number of hydrogen-bond donors (Lipinski definition) is 0. The van der Waals surface area contributed by atoms with Crippen LogP contribution in [0.5, 0.6) is 0 Å². The summed E-state index contributed by atoms with van der Waals surface area (Å²) in [7, 11) is -1.59. The Bertz CT molecular complexity index is 308. The molecule has 0 aromatic carbocycles. The minimum atomic E-state index is -3.17. The number of sulfonamides is 1. The summed E-state index contributed by atoms with van der Waals surface area (Å²) in [5, 5.41) is 0. The fourth-order valence-electron chi connectivity index (χ4n) is 2.17. The second-order valence-corrected chi connectivity index (χ2v) is 6.78. The van der Waals surface area contributed by atoms with Crippen molar-refractivity contribution in [2.45, 2.75) is 38.1 Å². The molecule has 0 aliphatic carbocycles. The molecule has 0 amide bonds. The molecule has 1 saturated heterocycles. The summed E-state index contributed by atoms with van der Waals surface area (Å²) in [4.78, 5) is 0. The lowest BCUT2D eigenvalue weighted by Crippen LogP contribution is -2.42. The van der Waals surface area contributed by atoms with Gasteiger partial charge in [0.05, 0.1) is 5.75 Å². The quantitative estimate of drug-likeness (QED) is 0.552. The van der Waals surface area contributed by atoms with Crippen LogP contribution in [0.1, 0.15) is 32.1 Å². The Morgan fingerprint density at radius 2 is 2.12 bits per heavy atom. The first-order valence-corrected chi connectivity index (χ1v) is 8.30. The van der Waals surface area contributed by atoms with Crippen LogP contribution < -0.4 is 0 Å². The molecule has 0 radical (unpaired) electrons. The molecule has 1 unspecified atom stereocenters. The highest BCUT2D eigenvalue weighted by molar-refractivity contribution is 7.89. The van der Waals surface area contributed by atoms with Crippen molar-refractivity contribution >= 4 is 21.6 Å². The van der Waals surface area contributed by atoms with Crippen LogP contribution in [-0.4, -0.2) is 50.7 Å². The van der Waals surface area contributed by atoms with Crippen LogP contribution in [0.15, 0.2) is 0 Å². The van der Waals surface area contributed by atoms with Crippen molar-refractivity contribution in [1.82, 2.24) is 4.31 Å². The van der Waals surface area contributed by atoms with Gasteiger partial charge in [0.2, 0.25) is 10.0 Å². The lowest BCUT2D eigenvalue weighted by molar-refractivity contribution is 0.199. The van der Waals surface area contributed by atoms with E-state index in [0.29, 0.717) is 25.5 Å². The van der Waals surface area contributed by atoms with Crippen molar-refractivity contribution in [1.29, 1.82) is 0 Å². The number of halogens is 1. The lowest BCUT2D eigenvalue weighted by Gasteiger charge is -2.27. The van der Waals surface area contributed by atoms with E-state index in [0.717, 1.165) is 25.7 Å². The first kappa shape index (κ1) is 15.2. The van der Waals surface area contributed by atoms with E-state index in [9.17, 15) is 8.42 Å². The standard InChI is InChI=1S/C11H22ClNO3S/c1-16-8-5-9-17(14,15)13-7-4-2-3-6-11(13)10-12/h11H,2-10H2,1H3. The lowest BCUT2D eigenvalue weighted by atomic mass is 10.1. The van der Waals surface area contributed by atoms with Crippen molar-refractivity contribution in [3.8, 4) is 0 Å². The maximum Gasteiger partial charge on any atom is 0.214 e. The highest BCUT2D eigenvalue weighted by Gasteiger charge is 2.29. The van der Waals surface area contributed by atoms with Gasteiger partial charge >= 0.3 is 0 Å². The number of methoxy groups -OCH3 is 1. The topological polar surface area (TPSA) is 46.6 Å². The summed E-state index contributed by atoms with van der Waals surface area (Å²) < 4.78 is 30.9. The Labute approximate surface area is 109 Å². The third-order valence-corrected chi connectivity index (χ3v) is 5.47. The zero-order valence-electron chi connectivity index (χ0n) is 10.4. The van der Waals surface area contributed by atoms with Gasteiger partial charge in [-0.2, -0.15) is 4.31 Å². The molecule has 1 fully saturated rings. The summed E-state index contributed by atoms with van der Waals surface area (Å²) in [5.74, 6) is 0.553. The van der Waals surface area contributed by atoms with Crippen LogP contribution in [0.25, 0.3) is 0 Å². The van der Waals surface area contributed by atoms with E-state index in [1.165, 1.54) is 0 Å². The van der Waals surface area contributed by atoms with Gasteiger partial charge in [0, 0.05) is 32.2 Å². The van der Waals surface area contributed by atoms with Crippen LogP contribution >= 0.6 is 11.6 Å². The molecule has 1 aliphatic rings. The summed E-state index contributed by atoms with van der Waals surface area (Å²) in [6, 6.07) is -0.0216. The van der Waals surface area contributed by atoms with E-state index in [1.807, 2.05) is 0 Å². The monoisotopic (exact) mass is 283 g/mol. The van der Waals surface area contributed by atoms with Crippen LogP contribution in [0, 0.1) is 0 Å². The fraction of sp³-hybridized carbons (Fsp3) is 1.00. The number of alkyl halides is 1. The molecule has 0 aromatic rings. The van der Waals surface area contributed by atoms with E-state index in [1.54, 1.807) is 11.4 Å². The van der Waals surface area contributed by atoms with Crippen molar-refractivity contribution in [3.05, 3.63) is 0 Å². The normalized spacial score (nSPS) is 23.5. The van der Waals surface area contributed by atoms with Crippen molar-refractivity contribution in [2.75, 3.05) is 31.9 Å². The second kappa shape index (κ2) is 7.56. The van der Waals surface area contributed by atoms with Crippen molar-refractivity contribution < 1.29 is 13.2 Å². The van der Waals surface area contributed by atoms with Gasteiger partial charge in [0.25, 0.3) is 0 Å². The number of hydrogen-bond acceptors (Lipinski definition) is 3. The molecule has 0 N–H and O–H groups in total. The average Bonchev–Trinajstić information content (AvgIpc) is 2.54. The van der Waals surface area contributed by atoms with E-state index in [2.05, 4.69) is 0 Å². The molecule has 0 saturated carbocycles. The molecule has 0 aromatic heterocycles. The second-order valence-electron chi connectivity index (χ2n) is 4.43. The molecule has 4 nitrogen and oxygen atoms in total. The Balaban J connectivity index is 2.64. The summed E-state index contributed by atoms with van der Waals surface area (Å²) >= 11 is 5.88. The van der Waals surface area contributed by atoms with E-state index >= 15 is 0 Å². The summed E-state index contributed by atoms with van der Waals surface area (Å²) in [6.07, 6.45) is 4.53. The Hall–Kier alpha value is 0.160. The van der Waals surface area contributed by atoms with Gasteiger partial charge in [0.15, 0.2) is 0 Å². The molecule has 1 aliphatic heterocycles. The zero-order chi connectivity index (χ0) is 12.7. The van der Waals surface area contributed by atoms with Crippen LogP contribution in [0.2, 0.25) is 0 Å². The Morgan fingerprint density at radius 3 is 2.76 bits per heavy atom. The highest BCUT2D eigenvalue weighted by Crippen LogP contribution is 2.21. The third-order valence-electron chi connectivity index (χ3n) is 3.11. The number of ether oxygens (including phenoxy) is 1. The third kappa shape index (κ3) is 4.73. The molecule has 1 heterocycles. The molecule has 1 rings (SSSR count). The molecular weight excluding hydrogens is 262 g/mol. The minimum Gasteiger partial charge on any atom is -0.385 e. The average molecular weight is 284 g/mol. The van der Waals surface area contributed by atoms with Gasteiger partial charge in [-0.1, -0.05) is 12.8 Å². The fourth-order valence-corrected chi connectivity index (χ4v) is 4.34. The highest BCUT2D eigenvalue weighted by atomic mass is 35.5. The summed E-state index contributed by atoms with van der Waals surface area (Å²) in [6.45, 7) is 1.10. The van der Waals surface area contributed by atoms with Gasteiger partial charge in [-0.05, 0) is 19.3 Å². The van der Waals surface area contributed by atoms with Crippen LogP contribution in [-0.2, 0) is 14.8 Å². The van der Waals surface area contributed by atoms with E-state index in [4.69, 9.17) is 16.3 Å². The first-order valence-electron chi connectivity index (χ1n) is 6.16. The molecule has 1 atom stereocenters. The minimum absolute atomic E-state index is 0.0216. The Kier molecular flexibility index (Phi) is 6.77. The molecule has 17 heavy (non-hydrogen) atoms. The predicted molar refractivity (Wildman–Crippen MR) is 70.0 cm³/mol. The predicted octanol–water partition coefficient (Wildman–Crippen LogP) is 1.84. The molecule has 6 heteroatoms. The van der Waals surface area contributed by atoms with Crippen molar-refractivity contribution in [3.63, 3.8) is 0 Å². The number of nitrogens with zero attached hydrogens (tertiary/aromatic N) is 1. The maximum absolute atomic E-state index is 12.2. The first-order chi connectivity index (χ1) is 8.11. The molecular formula is C11H22ClNO3S. The smallest absolute Gasteiger partial charge is 0.214 e. The van der Waals surface area contributed by atoms with Crippen LogP contribution in [0.3, 0.4) is 0 Å². The van der Waals surface area contributed by atoms with Gasteiger partial charge < -0.3 is 4.74 Å². The largest absolute Gasteiger partial charge is 0.385 e. The van der Waals surface area contributed by atoms with E-state index < -0.39 is 10.0 Å². The molecule has 102 valence electrons. The molecule has 0 spiro atoms. The van der Waals surface area contributed by atoms with Gasteiger partial charge in [0.1, 0.15) is 0 Å². The number of rotatable bonds is 6. The van der Waals surface area contributed by atoms with Crippen molar-refractivity contribution in [2.24, 2.45) is 0 Å². The SMILES string of the molecule is COCCCS(=O)(=O)N1CCCCCC1CCl. The van der Waals surface area contributed by atoms with Crippen LogP contribution in [0.4, 0.5) is 0 Å². The maximum atomic E-state index is 12.2. The Morgan fingerprint density at radius 1 is 1.35 bits per heavy atom. The summed E-state index contributed by atoms with van der Waals surface area (Å²) in [5.41, 5.74) is 0.